The van der Waals surface area contributed by atoms with Crippen LogP contribution >= 0.6 is 0 Å². The van der Waals surface area contributed by atoms with Crippen LogP contribution in [0.15, 0.2) is 55.0 Å². The SMILES string of the molecule is O=C(c1cnc2ccnn2c1)C1CC2CCCC(C1)N2Cc1ccccc1. The summed E-state index contributed by atoms with van der Waals surface area (Å²) in [6.45, 7) is 0.998. The van der Waals surface area contributed by atoms with Crippen LogP contribution in [-0.4, -0.2) is 37.4 Å². The number of carbonyl (C=O) groups is 1. The van der Waals surface area contributed by atoms with Gasteiger partial charge in [0.25, 0.3) is 0 Å². The Labute approximate surface area is 159 Å². The highest BCUT2D eigenvalue weighted by molar-refractivity contribution is 5.97. The molecule has 0 radical (unpaired) electrons. The minimum Gasteiger partial charge on any atom is -0.294 e. The third-order valence-electron chi connectivity index (χ3n) is 6.24. The Hall–Kier alpha value is -2.53. The molecule has 2 saturated heterocycles. The molecule has 0 saturated carbocycles. The first-order chi connectivity index (χ1) is 13.3. The Balaban J connectivity index is 1.35. The molecule has 3 aromatic rings. The number of piperidine rings is 2. The van der Waals surface area contributed by atoms with Gasteiger partial charge in [-0.1, -0.05) is 36.8 Å². The van der Waals surface area contributed by atoms with Gasteiger partial charge in [0.15, 0.2) is 11.4 Å². The summed E-state index contributed by atoms with van der Waals surface area (Å²) in [4.78, 5) is 20.2. The van der Waals surface area contributed by atoms with Crippen LogP contribution < -0.4 is 0 Å². The average molecular weight is 360 g/mol. The van der Waals surface area contributed by atoms with Crippen LogP contribution in [0.1, 0.15) is 48.0 Å². The molecule has 2 aliphatic rings. The minimum atomic E-state index is 0.0992. The molecular formula is C22H24N4O. The smallest absolute Gasteiger partial charge is 0.169 e. The molecule has 5 nitrogen and oxygen atoms in total. The normalized spacial score (nSPS) is 25.6. The zero-order valence-electron chi connectivity index (χ0n) is 15.4. The van der Waals surface area contributed by atoms with Crippen molar-refractivity contribution in [3.8, 4) is 0 Å². The van der Waals surface area contributed by atoms with Gasteiger partial charge in [0, 0.05) is 43.0 Å². The number of aromatic nitrogens is 3. The fourth-order valence-corrected chi connectivity index (χ4v) is 4.92. The van der Waals surface area contributed by atoms with E-state index in [4.69, 9.17) is 0 Å². The van der Waals surface area contributed by atoms with Crippen molar-refractivity contribution in [3.05, 3.63) is 66.1 Å². The maximum absolute atomic E-state index is 13.2. The molecule has 1 aromatic carbocycles. The Morgan fingerprint density at radius 3 is 2.63 bits per heavy atom. The van der Waals surface area contributed by atoms with E-state index < -0.39 is 0 Å². The lowest BCUT2D eigenvalue weighted by Crippen LogP contribution is -2.52. The molecule has 5 rings (SSSR count). The van der Waals surface area contributed by atoms with Crippen molar-refractivity contribution in [1.82, 2.24) is 19.5 Å². The van der Waals surface area contributed by atoms with Crippen LogP contribution in [0.4, 0.5) is 0 Å². The third-order valence-corrected chi connectivity index (χ3v) is 6.24. The highest BCUT2D eigenvalue weighted by atomic mass is 16.1. The van der Waals surface area contributed by atoms with E-state index in [0.717, 1.165) is 25.0 Å². The van der Waals surface area contributed by atoms with Crippen LogP contribution in [0.2, 0.25) is 0 Å². The maximum atomic E-state index is 13.2. The molecule has 2 bridgehead atoms. The third kappa shape index (κ3) is 3.16. The average Bonchev–Trinajstić information content (AvgIpc) is 3.16. The number of hydrogen-bond donors (Lipinski definition) is 0. The summed E-state index contributed by atoms with van der Waals surface area (Å²) in [6.07, 6.45) is 10.8. The molecule has 27 heavy (non-hydrogen) atoms. The standard InChI is InChI=1S/C22H24N4O/c27-22(18-13-23-21-9-10-24-26(21)15-18)17-11-19-7-4-8-20(12-17)25(19)14-16-5-2-1-3-6-16/h1-3,5-6,9-10,13,15,17,19-20H,4,7-8,11-12,14H2. The zero-order chi connectivity index (χ0) is 18.2. The minimum absolute atomic E-state index is 0.0992. The largest absolute Gasteiger partial charge is 0.294 e. The van der Waals surface area contributed by atoms with Gasteiger partial charge in [-0.15, -0.1) is 0 Å². The van der Waals surface area contributed by atoms with E-state index in [-0.39, 0.29) is 11.7 Å². The molecular weight excluding hydrogens is 336 g/mol. The van der Waals surface area contributed by atoms with Gasteiger partial charge in [-0.05, 0) is 31.2 Å². The van der Waals surface area contributed by atoms with Crippen molar-refractivity contribution in [2.75, 3.05) is 0 Å². The van der Waals surface area contributed by atoms with E-state index in [1.807, 2.05) is 12.3 Å². The molecule has 5 heteroatoms. The summed E-state index contributed by atoms with van der Waals surface area (Å²) in [5.74, 6) is 0.332. The predicted molar refractivity (Wildman–Crippen MR) is 103 cm³/mol. The van der Waals surface area contributed by atoms with Crippen molar-refractivity contribution < 1.29 is 4.79 Å². The van der Waals surface area contributed by atoms with Gasteiger partial charge >= 0.3 is 0 Å². The second-order valence-electron chi connectivity index (χ2n) is 7.91. The van der Waals surface area contributed by atoms with Gasteiger partial charge in [0.05, 0.1) is 11.8 Å². The molecule has 2 unspecified atom stereocenters. The Morgan fingerprint density at radius 2 is 1.85 bits per heavy atom. The number of nitrogens with zero attached hydrogens (tertiary/aromatic N) is 4. The summed E-state index contributed by atoms with van der Waals surface area (Å²) in [5, 5.41) is 4.22. The van der Waals surface area contributed by atoms with Crippen molar-refractivity contribution in [2.45, 2.75) is 50.7 Å². The first-order valence-corrected chi connectivity index (χ1v) is 9.91. The lowest BCUT2D eigenvalue weighted by Gasteiger charge is -2.48. The van der Waals surface area contributed by atoms with E-state index in [1.165, 1.54) is 24.8 Å². The predicted octanol–water partition coefficient (Wildman–Crippen LogP) is 3.75. The number of hydrogen-bond acceptors (Lipinski definition) is 4. The molecule has 4 heterocycles. The Kier molecular flexibility index (Phi) is 4.24. The number of Topliss-reactive ketones (excluding diaryl/α,β-unsaturated/α-hetero) is 1. The summed E-state index contributed by atoms with van der Waals surface area (Å²) < 4.78 is 1.69. The van der Waals surface area contributed by atoms with Crippen molar-refractivity contribution in [2.24, 2.45) is 5.92 Å². The summed E-state index contributed by atoms with van der Waals surface area (Å²) in [5.41, 5.74) is 2.83. The number of fused-ring (bicyclic) bond motifs is 3. The first-order valence-electron chi connectivity index (χ1n) is 9.91. The number of ketones is 1. The molecule has 2 aliphatic heterocycles. The van der Waals surface area contributed by atoms with Gasteiger partial charge in [0.1, 0.15) is 0 Å². The van der Waals surface area contributed by atoms with Crippen LogP contribution in [0.3, 0.4) is 0 Å². The highest BCUT2D eigenvalue weighted by Gasteiger charge is 2.40. The fraction of sp³-hybridized carbons (Fsp3) is 0.409. The van der Waals surface area contributed by atoms with Crippen LogP contribution in [0.5, 0.6) is 0 Å². The van der Waals surface area contributed by atoms with E-state index in [9.17, 15) is 4.79 Å². The molecule has 0 aliphatic carbocycles. The molecule has 0 spiro atoms. The van der Waals surface area contributed by atoms with E-state index in [1.54, 1.807) is 16.9 Å². The fourth-order valence-electron chi connectivity index (χ4n) is 4.92. The summed E-state index contributed by atoms with van der Waals surface area (Å²) >= 11 is 0. The summed E-state index contributed by atoms with van der Waals surface area (Å²) in [7, 11) is 0. The maximum Gasteiger partial charge on any atom is 0.169 e. The molecule has 138 valence electrons. The molecule has 2 atom stereocenters. The quantitative estimate of drug-likeness (QED) is 0.665. The molecule has 2 aromatic heterocycles. The van der Waals surface area contributed by atoms with E-state index in [0.29, 0.717) is 17.6 Å². The number of carbonyl (C=O) groups excluding carboxylic acids is 1. The highest BCUT2D eigenvalue weighted by Crippen LogP contribution is 2.39. The Morgan fingerprint density at radius 1 is 1.07 bits per heavy atom. The molecule has 0 N–H and O–H groups in total. The lowest BCUT2D eigenvalue weighted by atomic mass is 9.75. The second-order valence-corrected chi connectivity index (χ2v) is 7.91. The molecule has 0 amide bonds. The number of rotatable bonds is 4. The van der Waals surface area contributed by atoms with Crippen molar-refractivity contribution in [3.63, 3.8) is 0 Å². The van der Waals surface area contributed by atoms with Crippen molar-refractivity contribution >= 4 is 11.4 Å². The Bertz CT molecular complexity index is 937. The van der Waals surface area contributed by atoms with E-state index >= 15 is 0 Å². The summed E-state index contributed by atoms with van der Waals surface area (Å²) in [6, 6.07) is 13.6. The van der Waals surface area contributed by atoms with Crippen LogP contribution in [-0.2, 0) is 6.54 Å². The van der Waals surface area contributed by atoms with Gasteiger partial charge in [0.2, 0.25) is 0 Å². The lowest BCUT2D eigenvalue weighted by molar-refractivity contribution is 0.00904. The second kappa shape index (κ2) is 6.89. The molecule has 2 fully saturated rings. The van der Waals surface area contributed by atoms with Crippen LogP contribution in [0.25, 0.3) is 5.65 Å². The van der Waals surface area contributed by atoms with Gasteiger partial charge in [-0.2, -0.15) is 5.10 Å². The van der Waals surface area contributed by atoms with Gasteiger partial charge in [-0.25, -0.2) is 9.50 Å². The number of benzene rings is 1. The van der Waals surface area contributed by atoms with Crippen molar-refractivity contribution in [1.29, 1.82) is 0 Å². The monoisotopic (exact) mass is 360 g/mol. The van der Waals surface area contributed by atoms with Gasteiger partial charge < -0.3 is 0 Å². The topological polar surface area (TPSA) is 50.5 Å². The van der Waals surface area contributed by atoms with Gasteiger partial charge in [-0.3, -0.25) is 9.69 Å². The first kappa shape index (κ1) is 16.6. The van der Waals surface area contributed by atoms with E-state index in [2.05, 4.69) is 45.3 Å². The van der Waals surface area contributed by atoms with Crippen LogP contribution in [0, 0.1) is 5.92 Å². The zero-order valence-corrected chi connectivity index (χ0v) is 15.4.